The molecular weight excluding hydrogens is 448 g/mol. The summed E-state index contributed by atoms with van der Waals surface area (Å²) in [6.45, 7) is 1.41. The Labute approximate surface area is 213 Å². The Morgan fingerprint density at radius 2 is 1.28 bits per heavy atom. The van der Waals surface area contributed by atoms with Crippen LogP contribution in [0.1, 0.15) is 17.5 Å². The molecule has 0 aliphatic carbocycles. The number of nitrogens with one attached hydrogen (secondary N) is 2. The van der Waals surface area contributed by atoms with Crippen molar-refractivity contribution in [3.8, 4) is 11.5 Å². The van der Waals surface area contributed by atoms with Gasteiger partial charge in [0.2, 0.25) is 5.91 Å². The van der Waals surface area contributed by atoms with E-state index >= 15 is 0 Å². The van der Waals surface area contributed by atoms with Crippen molar-refractivity contribution in [2.24, 2.45) is 0 Å². The van der Waals surface area contributed by atoms with Gasteiger partial charge in [-0.25, -0.2) is 0 Å². The SMILES string of the molecule is O=C(CNc1cccc(OCCc2ccccc2)c1)Nc1ccc(OCCCc2ccccc2)cc1. The summed E-state index contributed by atoms with van der Waals surface area (Å²) in [4.78, 5) is 12.4. The molecule has 0 saturated carbocycles. The smallest absolute Gasteiger partial charge is 0.243 e. The Kier molecular flexibility index (Phi) is 9.39. The molecule has 184 valence electrons. The van der Waals surface area contributed by atoms with E-state index < -0.39 is 0 Å². The molecular formula is C31H32N2O3. The number of hydrogen-bond acceptors (Lipinski definition) is 4. The van der Waals surface area contributed by atoms with Gasteiger partial charge in [-0.2, -0.15) is 0 Å². The van der Waals surface area contributed by atoms with Crippen LogP contribution in [0.2, 0.25) is 0 Å². The van der Waals surface area contributed by atoms with Crippen LogP contribution in [0.15, 0.2) is 109 Å². The van der Waals surface area contributed by atoms with Gasteiger partial charge >= 0.3 is 0 Å². The van der Waals surface area contributed by atoms with Crippen molar-refractivity contribution in [2.45, 2.75) is 19.3 Å². The van der Waals surface area contributed by atoms with Crippen LogP contribution in [0.4, 0.5) is 11.4 Å². The lowest BCUT2D eigenvalue weighted by Crippen LogP contribution is -2.21. The predicted octanol–water partition coefficient (Wildman–Crippen LogP) is 6.37. The first kappa shape index (κ1) is 24.9. The third kappa shape index (κ3) is 8.51. The van der Waals surface area contributed by atoms with Gasteiger partial charge in [0, 0.05) is 23.9 Å². The zero-order valence-electron chi connectivity index (χ0n) is 20.4. The molecule has 1 amide bonds. The summed E-state index contributed by atoms with van der Waals surface area (Å²) in [6.07, 6.45) is 2.79. The molecule has 0 heterocycles. The summed E-state index contributed by atoms with van der Waals surface area (Å²) in [5.74, 6) is 1.45. The maximum absolute atomic E-state index is 12.4. The minimum Gasteiger partial charge on any atom is -0.494 e. The molecule has 0 unspecified atom stereocenters. The van der Waals surface area contributed by atoms with Gasteiger partial charge in [0.25, 0.3) is 0 Å². The summed E-state index contributed by atoms with van der Waals surface area (Å²) in [7, 11) is 0. The summed E-state index contributed by atoms with van der Waals surface area (Å²) < 4.78 is 11.7. The van der Waals surface area contributed by atoms with Crippen LogP contribution >= 0.6 is 0 Å². The number of carbonyl (C=O) groups excluding carboxylic acids is 1. The van der Waals surface area contributed by atoms with Gasteiger partial charge in [-0.1, -0.05) is 66.7 Å². The number of amides is 1. The number of hydrogen-bond donors (Lipinski definition) is 2. The normalized spacial score (nSPS) is 10.4. The largest absolute Gasteiger partial charge is 0.494 e. The van der Waals surface area contributed by atoms with Gasteiger partial charge in [-0.3, -0.25) is 4.79 Å². The topological polar surface area (TPSA) is 59.6 Å². The first-order valence-corrected chi connectivity index (χ1v) is 12.3. The Hall–Kier alpha value is -4.25. The molecule has 5 nitrogen and oxygen atoms in total. The zero-order chi connectivity index (χ0) is 24.8. The number of carbonyl (C=O) groups is 1. The highest BCUT2D eigenvalue weighted by atomic mass is 16.5. The second-order valence-corrected chi connectivity index (χ2v) is 8.48. The summed E-state index contributed by atoms with van der Waals surface area (Å²) in [5.41, 5.74) is 4.12. The highest BCUT2D eigenvalue weighted by Gasteiger charge is 2.04. The van der Waals surface area contributed by atoms with Crippen molar-refractivity contribution < 1.29 is 14.3 Å². The average Bonchev–Trinajstić information content (AvgIpc) is 2.92. The predicted molar refractivity (Wildman–Crippen MR) is 146 cm³/mol. The van der Waals surface area contributed by atoms with E-state index in [1.807, 2.05) is 72.8 Å². The van der Waals surface area contributed by atoms with Crippen LogP contribution in [0.25, 0.3) is 0 Å². The number of anilines is 2. The van der Waals surface area contributed by atoms with Gasteiger partial charge in [-0.15, -0.1) is 0 Å². The first-order chi connectivity index (χ1) is 17.7. The van der Waals surface area contributed by atoms with Crippen molar-refractivity contribution in [2.75, 3.05) is 30.4 Å². The molecule has 0 fully saturated rings. The molecule has 4 aromatic carbocycles. The molecule has 5 heteroatoms. The van der Waals surface area contributed by atoms with E-state index in [1.165, 1.54) is 11.1 Å². The van der Waals surface area contributed by atoms with Gasteiger partial charge < -0.3 is 20.1 Å². The van der Waals surface area contributed by atoms with Gasteiger partial charge in [0.05, 0.1) is 19.8 Å². The molecule has 0 aliphatic rings. The van der Waals surface area contributed by atoms with Crippen molar-refractivity contribution in [1.82, 2.24) is 0 Å². The highest BCUT2D eigenvalue weighted by Crippen LogP contribution is 2.19. The molecule has 36 heavy (non-hydrogen) atoms. The Morgan fingerprint density at radius 3 is 2.00 bits per heavy atom. The number of aryl methyl sites for hydroxylation is 1. The molecule has 0 aromatic heterocycles. The van der Waals surface area contributed by atoms with Gasteiger partial charge in [0.1, 0.15) is 11.5 Å². The van der Waals surface area contributed by atoms with E-state index in [0.29, 0.717) is 13.2 Å². The minimum atomic E-state index is -0.123. The van der Waals surface area contributed by atoms with Crippen molar-refractivity contribution in [3.05, 3.63) is 120 Å². The monoisotopic (exact) mass is 480 g/mol. The maximum Gasteiger partial charge on any atom is 0.243 e. The molecule has 0 atom stereocenters. The van der Waals surface area contributed by atoms with Crippen LogP contribution in [-0.2, 0) is 17.6 Å². The van der Waals surface area contributed by atoms with Crippen LogP contribution in [0.3, 0.4) is 0 Å². The lowest BCUT2D eigenvalue weighted by molar-refractivity contribution is -0.114. The summed E-state index contributed by atoms with van der Waals surface area (Å²) in [5, 5.41) is 6.06. The number of ether oxygens (including phenoxy) is 2. The molecule has 0 radical (unpaired) electrons. The third-order valence-electron chi connectivity index (χ3n) is 5.65. The number of benzene rings is 4. The van der Waals surface area contributed by atoms with Crippen molar-refractivity contribution in [1.29, 1.82) is 0 Å². The molecule has 4 aromatic rings. The fourth-order valence-electron chi connectivity index (χ4n) is 3.76. The van der Waals surface area contributed by atoms with Crippen LogP contribution in [-0.4, -0.2) is 25.7 Å². The fraction of sp³-hybridized carbons (Fsp3) is 0.194. The molecule has 0 spiro atoms. The Balaban J connectivity index is 1.15. The van der Waals surface area contributed by atoms with Crippen molar-refractivity contribution in [3.63, 3.8) is 0 Å². The van der Waals surface area contributed by atoms with Gasteiger partial charge in [-0.05, 0) is 60.4 Å². The van der Waals surface area contributed by atoms with E-state index in [9.17, 15) is 4.79 Å². The van der Waals surface area contributed by atoms with Crippen LogP contribution < -0.4 is 20.1 Å². The van der Waals surface area contributed by atoms with E-state index in [4.69, 9.17) is 9.47 Å². The lowest BCUT2D eigenvalue weighted by atomic mass is 10.1. The maximum atomic E-state index is 12.4. The Morgan fingerprint density at radius 1 is 0.611 bits per heavy atom. The second kappa shape index (κ2) is 13.6. The minimum absolute atomic E-state index is 0.123. The summed E-state index contributed by atoms with van der Waals surface area (Å²) in [6, 6.07) is 35.8. The quantitative estimate of drug-likeness (QED) is 0.218. The van der Waals surface area contributed by atoms with Crippen molar-refractivity contribution >= 4 is 17.3 Å². The van der Waals surface area contributed by atoms with E-state index in [0.717, 1.165) is 42.1 Å². The van der Waals surface area contributed by atoms with E-state index in [-0.39, 0.29) is 12.5 Å². The third-order valence-corrected chi connectivity index (χ3v) is 5.65. The summed E-state index contributed by atoms with van der Waals surface area (Å²) >= 11 is 0. The van der Waals surface area contributed by atoms with E-state index in [1.54, 1.807) is 0 Å². The molecule has 0 saturated heterocycles. The fourth-order valence-corrected chi connectivity index (χ4v) is 3.76. The lowest BCUT2D eigenvalue weighted by Gasteiger charge is -2.11. The standard InChI is InChI=1S/C31H32N2O3/c34-31(24-32-28-14-7-15-30(23-28)36-22-20-26-11-5-2-6-12-26)33-27-16-18-29(19-17-27)35-21-8-13-25-9-3-1-4-10-25/h1-7,9-12,14-19,23,32H,8,13,20-22,24H2,(H,33,34). The molecule has 0 bridgehead atoms. The van der Waals surface area contributed by atoms with E-state index in [2.05, 4.69) is 47.0 Å². The second-order valence-electron chi connectivity index (χ2n) is 8.48. The molecule has 0 aliphatic heterocycles. The zero-order valence-corrected chi connectivity index (χ0v) is 20.4. The number of rotatable bonds is 13. The van der Waals surface area contributed by atoms with Gasteiger partial charge in [0.15, 0.2) is 0 Å². The van der Waals surface area contributed by atoms with Crippen LogP contribution in [0.5, 0.6) is 11.5 Å². The average molecular weight is 481 g/mol. The highest BCUT2D eigenvalue weighted by molar-refractivity contribution is 5.93. The first-order valence-electron chi connectivity index (χ1n) is 12.3. The Bertz CT molecular complexity index is 1200. The molecule has 2 N–H and O–H groups in total. The van der Waals surface area contributed by atoms with Crippen LogP contribution in [0, 0.1) is 0 Å². The molecule has 4 rings (SSSR count).